The number of hydrogen-bond acceptors (Lipinski definition) is 2. The zero-order valence-corrected chi connectivity index (χ0v) is 10.7. The molecular formula is C12H21ClN2O. The number of nitrogens with zero attached hydrogens (tertiary/aromatic N) is 1. The summed E-state index contributed by atoms with van der Waals surface area (Å²) in [4.78, 5) is 14.3. The van der Waals surface area contributed by atoms with Crippen LogP contribution in [0.2, 0.25) is 0 Å². The van der Waals surface area contributed by atoms with Gasteiger partial charge >= 0.3 is 0 Å². The van der Waals surface area contributed by atoms with Crippen molar-refractivity contribution in [2.24, 2.45) is 5.92 Å². The van der Waals surface area contributed by atoms with Gasteiger partial charge in [-0.25, -0.2) is 0 Å². The fourth-order valence-corrected chi connectivity index (χ4v) is 2.95. The maximum Gasteiger partial charge on any atom is 0.224 e. The van der Waals surface area contributed by atoms with Crippen molar-refractivity contribution >= 4 is 17.5 Å². The summed E-state index contributed by atoms with van der Waals surface area (Å²) >= 11 is 5.70. The van der Waals surface area contributed by atoms with E-state index >= 15 is 0 Å². The molecule has 2 rings (SSSR count). The van der Waals surface area contributed by atoms with Crippen LogP contribution in [0.5, 0.6) is 0 Å². The molecule has 2 aliphatic rings. The Kier molecular flexibility index (Phi) is 4.09. The second kappa shape index (κ2) is 5.37. The topological polar surface area (TPSA) is 32.3 Å². The first kappa shape index (κ1) is 12.2. The van der Waals surface area contributed by atoms with Crippen molar-refractivity contribution in [2.45, 2.75) is 44.7 Å². The van der Waals surface area contributed by atoms with Gasteiger partial charge < -0.3 is 5.32 Å². The van der Waals surface area contributed by atoms with Gasteiger partial charge in [0.05, 0.1) is 0 Å². The van der Waals surface area contributed by atoms with Crippen LogP contribution in [0.1, 0.15) is 32.6 Å². The van der Waals surface area contributed by atoms with Crippen molar-refractivity contribution in [3.05, 3.63) is 0 Å². The maximum atomic E-state index is 11.8. The smallest absolute Gasteiger partial charge is 0.224 e. The largest absolute Gasteiger partial charge is 0.351 e. The molecule has 0 bridgehead atoms. The minimum Gasteiger partial charge on any atom is -0.351 e. The van der Waals surface area contributed by atoms with Gasteiger partial charge in [0.25, 0.3) is 0 Å². The third-order valence-corrected chi connectivity index (χ3v) is 4.33. The van der Waals surface area contributed by atoms with E-state index in [1.165, 1.54) is 25.8 Å². The number of fused-ring (bicyclic) bond motifs is 1. The molecule has 2 aliphatic heterocycles. The normalized spacial score (nSPS) is 32.1. The molecule has 3 atom stereocenters. The standard InChI is InChI=1S/C12H21ClN2O/c1-9(8-13)12(16)14-10-5-7-15-6-3-2-4-11(10)15/h9-11H,2-8H2,1H3,(H,14,16). The van der Waals surface area contributed by atoms with Crippen LogP contribution in [0.4, 0.5) is 0 Å². The van der Waals surface area contributed by atoms with Crippen molar-refractivity contribution in [3.8, 4) is 0 Å². The molecule has 0 spiro atoms. The van der Waals surface area contributed by atoms with E-state index in [2.05, 4.69) is 10.2 Å². The fourth-order valence-electron chi connectivity index (χ4n) is 2.81. The summed E-state index contributed by atoms with van der Waals surface area (Å²) in [5.41, 5.74) is 0. The first-order valence-corrected chi connectivity index (χ1v) is 6.86. The number of rotatable bonds is 3. The van der Waals surface area contributed by atoms with E-state index in [1.807, 2.05) is 6.92 Å². The van der Waals surface area contributed by atoms with E-state index in [-0.39, 0.29) is 11.8 Å². The average Bonchev–Trinajstić information content (AvgIpc) is 2.72. The van der Waals surface area contributed by atoms with Gasteiger partial charge in [-0.15, -0.1) is 11.6 Å². The number of halogens is 1. The first-order valence-electron chi connectivity index (χ1n) is 6.32. The number of alkyl halides is 1. The van der Waals surface area contributed by atoms with Crippen LogP contribution < -0.4 is 5.32 Å². The van der Waals surface area contributed by atoms with E-state index in [0.29, 0.717) is 18.0 Å². The number of hydrogen-bond donors (Lipinski definition) is 1. The summed E-state index contributed by atoms with van der Waals surface area (Å²) in [5.74, 6) is 0.458. The Labute approximate surface area is 103 Å². The molecule has 2 saturated heterocycles. The fraction of sp³-hybridized carbons (Fsp3) is 0.917. The molecule has 0 aromatic heterocycles. The molecule has 0 saturated carbocycles. The van der Waals surface area contributed by atoms with Crippen molar-refractivity contribution in [2.75, 3.05) is 19.0 Å². The molecule has 1 N–H and O–H groups in total. The Morgan fingerprint density at radius 3 is 3.00 bits per heavy atom. The summed E-state index contributed by atoms with van der Waals surface area (Å²) in [6.07, 6.45) is 4.96. The third kappa shape index (κ3) is 2.51. The Balaban J connectivity index is 1.88. The number of piperidine rings is 1. The highest BCUT2D eigenvalue weighted by Gasteiger charge is 2.36. The number of nitrogens with one attached hydrogen (secondary N) is 1. The minimum absolute atomic E-state index is 0.0701. The minimum atomic E-state index is -0.0701. The average molecular weight is 245 g/mol. The number of carbonyl (C=O) groups is 1. The highest BCUT2D eigenvalue weighted by atomic mass is 35.5. The van der Waals surface area contributed by atoms with E-state index in [0.717, 1.165) is 13.0 Å². The summed E-state index contributed by atoms with van der Waals surface area (Å²) in [5, 5.41) is 3.16. The molecule has 2 fully saturated rings. The second-order valence-corrected chi connectivity index (χ2v) is 5.37. The molecule has 2 heterocycles. The van der Waals surface area contributed by atoms with Crippen LogP contribution in [0.25, 0.3) is 0 Å². The Morgan fingerprint density at radius 2 is 2.25 bits per heavy atom. The highest BCUT2D eigenvalue weighted by molar-refractivity contribution is 6.19. The zero-order valence-electron chi connectivity index (χ0n) is 9.92. The predicted molar refractivity (Wildman–Crippen MR) is 65.6 cm³/mol. The van der Waals surface area contributed by atoms with Crippen LogP contribution in [0.15, 0.2) is 0 Å². The first-order chi connectivity index (χ1) is 7.72. The summed E-state index contributed by atoms with van der Waals surface area (Å²) in [7, 11) is 0. The Bertz CT molecular complexity index is 259. The van der Waals surface area contributed by atoms with Gasteiger partial charge in [-0.05, 0) is 25.8 Å². The van der Waals surface area contributed by atoms with Gasteiger partial charge in [-0.2, -0.15) is 0 Å². The molecule has 3 nitrogen and oxygen atoms in total. The van der Waals surface area contributed by atoms with Crippen LogP contribution in [0, 0.1) is 5.92 Å². The van der Waals surface area contributed by atoms with Gasteiger partial charge in [-0.3, -0.25) is 9.69 Å². The molecule has 0 aliphatic carbocycles. The van der Waals surface area contributed by atoms with E-state index in [9.17, 15) is 4.79 Å². The van der Waals surface area contributed by atoms with Crippen molar-refractivity contribution in [1.82, 2.24) is 10.2 Å². The van der Waals surface area contributed by atoms with Crippen LogP contribution in [0.3, 0.4) is 0 Å². The number of carbonyl (C=O) groups excluding carboxylic acids is 1. The van der Waals surface area contributed by atoms with Crippen LogP contribution in [-0.2, 0) is 4.79 Å². The van der Waals surface area contributed by atoms with E-state index in [4.69, 9.17) is 11.6 Å². The molecule has 16 heavy (non-hydrogen) atoms. The molecule has 0 radical (unpaired) electrons. The van der Waals surface area contributed by atoms with Gasteiger partial charge in [0.1, 0.15) is 0 Å². The monoisotopic (exact) mass is 244 g/mol. The zero-order chi connectivity index (χ0) is 11.5. The van der Waals surface area contributed by atoms with Gasteiger partial charge in [-0.1, -0.05) is 13.3 Å². The quantitative estimate of drug-likeness (QED) is 0.765. The predicted octanol–water partition coefficient (Wildman–Crippen LogP) is 1.60. The molecule has 0 aromatic carbocycles. The molecule has 3 unspecified atom stereocenters. The highest BCUT2D eigenvalue weighted by Crippen LogP contribution is 2.27. The Hall–Kier alpha value is -0.280. The molecule has 0 aromatic rings. The summed E-state index contributed by atoms with van der Waals surface area (Å²) < 4.78 is 0. The van der Waals surface area contributed by atoms with Crippen LogP contribution in [-0.4, -0.2) is 41.9 Å². The summed E-state index contributed by atoms with van der Waals surface area (Å²) in [6, 6.07) is 0.943. The van der Waals surface area contributed by atoms with Crippen LogP contribution >= 0.6 is 11.6 Å². The second-order valence-electron chi connectivity index (χ2n) is 5.06. The lowest BCUT2D eigenvalue weighted by Crippen LogP contribution is -2.48. The lowest BCUT2D eigenvalue weighted by molar-refractivity contribution is -0.124. The molecule has 4 heteroatoms. The van der Waals surface area contributed by atoms with E-state index < -0.39 is 0 Å². The SMILES string of the molecule is CC(CCl)C(=O)NC1CCN2CCCCC12. The lowest BCUT2D eigenvalue weighted by Gasteiger charge is -2.32. The van der Waals surface area contributed by atoms with Gasteiger partial charge in [0, 0.05) is 30.4 Å². The summed E-state index contributed by atoms with van der Waals surface area (Å²) in [6.45, 7) is 4.24. The number of amides is 1. The molecular weight excluding hydrogens is 224 g/mol. The third-order valence-electron chi connectivity index (χ3n) is 3.86. The maximum absolute atomic E-state index is 11.8. The van der Waals surface area contributed by atoms with Crippen molar-refractivity contribution in [3.63, 3.8) is 0 Å². The van der Waals surface area contributed by atoms with Gasteiger partial charge in [0.2, 0.25) is 5.91 Å². The molecule has 1 amide bonds. The Morgan fingerprint density at radius 1 is 1.44 bits per heavy atom. The van der Waals surface area contributed by atoms with E-state index in [1.54, 1.807) is 0 Å². The lowest BCUT2D eigenvalue weighted by atomic mass is 9.98. The van der Waals surface area contributed by atoms with Gasteiger partial charge in [0.15, 0.2) is 0 Å². The van der Waals surface area contributed by atoms with Crippen molar-refractivity contribution < 1.29 is 4.79 Å². The molecule has 92 valence electrons. The van der Waals surface area contributed by atoms with Crippen molar-refractivity contribution in [1.29, 1.82) is 0 Å².